The molecule has 1 aliphatic carbocycles. The van der Waals surface area contributed by atoms with Gasteiger partial charge in [-0.2, -0.15) is 0 Å². The maximum absolute atomic E-state index is 12.0. The number of carbonyl (C=O) groups is 2. The zero-order valence-electron chi connectivity index (χ0n) is 11.1. The lowest BCUT2D eigenvalue weighted by atomic mass is 9.94. The van der Waals surface area contributed by atoms with E-state index in [2.05, 4.69) is 5.32 Å². The Kier molecular flexibility index (Phi) is 4.55. The average molecular weight is 261 g/mol. The lowest BCUT2D eigenvalue weighted by Gasteiger charge is -2.22. The highest BCUT2D eigenvalue weighted by Crippen LogP contribution is 2.16. The summed E-state index contributed by atoms with van der Waals surface area (Å²) >= 11 is 0. The number of hydrogen-bond acceptors (Lipinski definition) is 3. The van der Waals surface area contributed by atoms with E-state index in [4.69, 9.17) is 4.74 Å². The van der Waals surface area contributed by atoms with Gasteiger partial charge in [-0.1, -0.05) is 0 Å². The molecular weight excluding hydrogens is 242 g/mol. The number of ether oxygens (including phenoxy) is 1. The minimum Gasteiger partial charge on any atom is -0.494 e. The van der Waals surface area contributed by atoms with Gasteiger partial charge in [0.1, 0.15) is 11.5 Å². The first-order chi connectivity index (χ1) is 9.19. The Hall–Kier alpha value is -1.84. The quantitative estimate of drug-likeness (QED) is 0.905. The van der Waals surface area contributed by atoms with Crippen LogP contribution in [0.4, 0.5) is 0 Å². The monoisotopic (exact) mass is 261 g/mol. The Morgan fingerprint density at radius 1 is 1.26 bits per heavy atom. The molecule has 0 atom stereocenters. The van der Waals surface area contributed by atoms with Gasteiger partial charge in [0.05, 0.1) is 6.61 Å². The SMILES string of the molecule is CCOc1ccc(C(=O)NC2CCC(=O)CC2)cc1. The zero-order valence-corrected chi connectivity index (χ0v) is 11.1. The van der Waals surface area contributed by atoms with Crippen LogP contribution >= 0.6 is 0 Å². The lowest BCUT2D eigenvalue weighted by Crippen LogP contribution is -2.37. The van der Waals surface area contributed by atoms with E-state index in [1.807, 2.05) is 6.92 Å². The number of nitrogens with one attached hydrogen (secondary N) is 1. The molecule has 0 saturated heterocycles. The van der Waals surface area contributed by atoms with Crippen LogP contribution in [0.5, 0.6) is 5.75 Å². The minimum atomic E-state index is -0.0811. The minimum absolute atomic E-state index is 0.0811. The van der Waals surface area contributed by atoms with E-state index in [1.54, 1.807) is 24.3 Å². The van der Waals surface area contributed by atoms with Crippen molar-refractivity contribution in [1.29, 1.82) is 0 Å². The number of carbonyl (C=O) groups excluding carboxylic acids is 2. The van der Waals surface area contributed by atoms with Crippen molar-refractivity contribution in [3.8, 4) is 5.75 Å². The third-order valence-electron chi connectivity index (χ3n) is 3.31. The molecule has 0 aromatic heterocycles. The third kappa shape index (κ3) is 3.81. The molecule has 1 N–H and O–H groups in total. The molecule has 1 aromatic rings. The standard InChI is InChI=1S/C15H19NO3/c1-2-19-14-9-3-11(4-10-14)15(18)16-12-5-7-13(17)8-6-12/h3-4,9-10,12H,2,5-8H2,1H3,(H,16,18). The molecule has 0 heterocycles. The van der Waals surface area contributed by atoms with E-state index in [0.29, 0.717) is 30.8 Å². The number of amides is 1. The fraction of sp³-hybridized carbons (Fsp3) is 0.467. The molecule has 1 saturated carbocycles. The van der Waals surface area contributed by atoms with Gasteiger partial charge in [-0.3, -0.25) is 9.59 Å². The molecule has 0 spiro atoms. The molecule has 1 fully saturated rings. The molecule has 1 aromatic carbocycles. The smallest absolute Gasteiger partial charge is 0.251 e. The van der Waals surface area contributed by atoms with E-state index in [9.17, 15) is 9.59 Å². The van der Waals surface area contributed by atoms with Gasteiger partial charge in [0, 0.05) is 24.4 Å². The molecule has 2 rings (SSSR count). The fourth-order valence-electron chi connectivity index (χ4n) is 2.22. The molecule has 4 heteroatoms. The predicted molar refractivity (Wildman–Crippen MR) is 72.3 cm³/mol. The van der Waals surface area contributed by atoms with Crippen LogP contribution in [-0.4, -0.2) is 24.3 Å². The molecule has 19 heavy (non-hydrogen) atoms. The van der Waals surface area contributed by atoms with Crippen LogP contribution in [0, 0.1) is 0 Å². The van der Waals surface area contributed by atoms with Crippen LogP contribution in [-0.2, 0) is 4.79 Å². The number of hydrogen-bond donors (Lipinski definition) is 1. The first kappa shape index (κ1) is 13.6. The van der Waals surface area contributed by atoms with Gasteiger partial charge >= 0.3 is 0 Å². The number of ketones is 1. The van der Waals surface area contributed by atoms with E-state index in [-0.39, 0.29) is 11.9 Å². The van der Waals surface area contributed by atoms with E-state index < -0.39 is 0 Å². The van der Waals surface area contributed by atoms with Crippen molar-refractivity contribution >= 4 is 11.7 Å². The Bertz CT molecular complexity index is 443. The van der Waals surface area contributed by atoms with E-state index >= 15 is 0 Å². The van der Waals surface area contributed by atoms with Crippen LogP contribution in [0.15, 0.2) is 24.3 Å². The molecule has 1 aliphatic rings. The Morgan fingerprint density at radius 3 is 2.47 bits per heavy atom. The first-order valence-electron chi connectivity index (χ1n) is 6.74. The number of benzene rings is 1. The summed E-state index contributed by atoms with van der Waals surface area (Å²) in [5, 5.41) is 2.98. The molecule has 1 amide bonds. The number of Topliss-reactive ketones (excluding diaryl/α,β-unsaturated/α-hetero) is 1. The largest absolute Gasteiger partial charge is 0.494 e. The summed E-state index contributed by atoms with van der Waals surface area (Å²) < 4.78 is 5.33. The molecule has 102 valence electrons. The third-order valence-corrected chi connectivity index (χ3v) is 3.31. The van der Waals surface area contributed by atoms with Crippen molar-refractivity contribution in [2.24, 2.45) is 0 Å². The van der Waals surface area contributed by atoms with Crippen molar-refractivity contribution in [2.75, 3.05) is 6.61 Å². The summed E-state index contributed by atoms with van der Waals surface area (Å²) in [4.78, 5) is 23.2. The molecule has 0 unspecified atom stereocenters. The predicted octanol–water partition coefficient (Wildman–Crippen LogP) is 2.33. The van der Waals surface area contributed by atoms with Gasteiger partial charge in [-0.15, -0.1) is 0 Å². The molecule has 0 radical (unpaired) electrons. The van der Waals surface area contributed by atoms with Crippen molar-refractivity contribution in [3.63, 3.8) is 0 Å². The summed E-state index contributed by atoms with van der Waals surface area (Å²) in [7, 11) is 0. The highest BCUT2D eigenvalue weighted by Gasteiger charge is 2.20. The van der Waals surface area contributed by atoms with E-state index in [1.165, 1.54) is 0 Å². The van der Waals surface area contributed by atoms with Gasteiger partial charge in [0.25, 0.3) is 5.91 Å². The second-order valence-electron chi connectivity index (χ2n) is 4.74. The summed E-state index contributed by atoms with van der Waals surface area (Å²) in [5.74, 6) is 0.983. The molecule has 4 nitrogen and oxygen atoms in total. The summed E-state index contributed by atoms with van der Waals surface area (Å²) in [6, 6.07) is 7.23. The van der Waals surface area contributed by atoms with Crippen molar-refractivity contribution in [2.45, 2.75) is 38.6 Å². The normalized spacial score (nSPS) is 16.2. The fourth-order valence-corrected chi connectivity index (χ4v) is 2.22. The number of rotatable bonds is 4. The highest BCUT2D eigenvalue weighted by atomic mass is 16.5. The van der Waals surface area contributed by atoms with Crippen LogP contribution in [0.2, 0.25) is 0 Å². The Balaban J connectivity index is 1.90. The zero-order chi connectivity index (χ0) is 13.7. The van der Waals surface area contributed by atoms with Gasteiger partial charge in [0.15, 0.2) is 0 Å². The maximum Gasteiger partial charge on any atom is 0.251 e. The summed E-state index contributed by atoms with van der Waals surface area (Å²) in [6.45, 7) is 2.53. The van der Waals surface area contributed by atoms with Crippen molar-refractivity contribution in [1.82, 2.24) is 5.32 Å². The van der Waals surface area contributed by atoms with Gasteiger partial charge in [-0.05, 0) is 44.0 Å². The van der Waals surface area contributed by atoms with Gasteiger partial charge in [0.2, 0.25) is 0 Å². The van der Waals surface area contributed by atoms with Crippen molar-refractivity contribution in [3.05, 3.63) is 29.8 Å². The van der Waals surface area contributed by atoms with Crippen LogP contribution in [0.25, 0.3) is 0 Å². The average Bonchev–Trinajstić information content (AvgIpc) is 2.42. The summed E-state index contributed by atoms with van der Waals surface area (Å²) in [5.41, 5.74) is 0.625. The highest BCUT2D eigenvalue weighted by molar-refractivity contribution is 5.94. The van der Waals surface area contributed by atoms with Crippen molar-refractivity contribution < 1.29 is 14.3 Å². The Morgan fingerprint density at radius 2 is 1.89 bits per heavy atom. The van der Waals surface area contributed by atoms with Gasteiger partial charge < -0.3 is 10.1 Å². The molecular formula is C15H19NO3. The van der Waals surface area contributed by atoms with Crippen LogP contribution in [0.1, 0.15) is 43.0 Å². The second-order valence-corrected chi connectivity index (χ2v) is 4.74. The molecule has 0 aliphatic heterocycles. The maximum atomic E-state index is 12.0. The second kappa shape index (κ2) is 6.36. The Labute approximate surface area is 113 Å². The summed E-state index contributed by atoms with van der Waals surface area (Å²) in [6.07, 6.45) is 2.66. The first-order valence-corrected chi connectivity index (χ1v) is 6.74. The molecule has 0 bridgehead atoms. The lowest BCUT2D eigenvalue weighted by molar-refractivity contribution is -0.120. The topological polar surface area (TPSA) is 55.4 Å². The van der Waals surface area contributed by atoms with Gasteiger partial charge in [-0.25, -0.2) is 0 Å². The van der Waals surface area contributed by atoms with E-state index in [0.717, 1.165) is 18.6 Å². The van der Waals surface area contributed by atoms with Crippen LogP contribution < -0.4 is 10.1 Å². The van der Waals surface area contributed by atoms with Crippen LogP contribution in [0.3, 0.4) is 0 Å².